The molecule has 31 heavy (non-hydrogen) atoms. The van der Waals surface area contributed by atoms with Gasteiger partial charge in [0.1, 0.15) is 16.4 Å². The van der Waals surface area contributed by atoms with Crippen molar-refractivity contribution in [2.24, 2.45) is 0 Å². The van der Waals surface area contributed by atoms with Crippen molar-refractivity contribution >= 4 is 27.3 Å². The molecule has 0 saturated carbocycles. The molecule has 0 unspecified atom stereocenters. The first-order valence-electron chi connectivity index (χ1n) is 10.2. The number of hydrogen-bond acceptors (Lipinski definition) is 5. The number of aryl methyl sites for hydroxylation is 3. The molecule has 0 N–H and O–H groups in total. The van der Waals surface area contributed by atoms with E-state index in [1.54, 1.807) is 19.1 Å². The number of fused-ring (bicyclic) bond motifs is 1. The molecule has 2 aromatic carbocycles. The Hall–Kier alpha value is -3.25. The molecular weight excluding hydrogens is 408 g/mol. The maximum absolute atomic E-state index is 13.5. The van der Waals surface area contributed by atoms with Gasteiger partial charge in [0.15, 0.2) is 5.78 Å². The molecule has 0 atom stereocenters. The highest BCUT2D eigenvalue weighted by molar-refractivity contribution is 7.19. The van der Waals surface area contributed by atoms with Crippen LogP contribution < -0.4 is 10.3 Å². The average molecular weight is 433 g/mol. The summed E-state index contributed by atoms with van der Waals surface area (Å²) in [6, 6.07) is 15.1. The van der Waals surface area contributed by atoms with E-state index in [0.717, 1.165) is 27.3 Å². The zero-order chi connectivity index (χ0) is 22.1. The van der Waals surface area contributed by atoms with E-state index in [9.17, 15) is 9.59 Å². The molecule has 0 aliphatic carbocycles. The summed E-state index contributed by atoms with van der Waals surface area (Å²) in [4.78, 5) is 32.7. The quantitative estimate of drug-likeness (QED) is 0.386. The third-order valence-corrected chi connectivity index (χ3v) is 6.31. The molecule has 2 heterocycles. The van der Waals surface area contributed by atoms with Gasteiger partial charge in [-0.3, -0.25) is 14.2 Å². The first kappa shape index (κ1) is 21.0. The normalized spacial score (nSPS) is 11.1. The average Bonchev–Trinajstić information content (AvgIpc) is 3.08. The Morgan fingerprint density at radius 2 is 1.71 bits per heavy atom. The van der Waals surface area contributed by atoms with E-state index in [1.165, 1.54) is 15.9 Å². The Balaban J connectivity index is 1.79. The first-order valence-corrected chi connectivity index (χ1v) is 11.0. The number of hydrogen-bond donors (Lipinski definition) is 0. The largest absolute Gasteiger partial charge is 0.494 e. The van der Waals surface area contributed by atoms with Gasteiger partial charge in [-0.05, 0) is 45.4 Å². The second-order valence-electron chi connectivity index (χ2n) is 7.51. The van der Waals surface area contributed by atoms with E-state index in [1.807, 2.05) is 57.2 Å². The SMILES string of the molecule is CCOc1ccc(-c2c(C)sc3nc(C)n(CC(=O)c4ccc(C)cc4)c(=O)c23)cc1. The Morgan fingerprint density at radius 3 is 2.35 bits per heavy atom. The van der Waals surface area contributed by atoms with Crippen LogP contribution in [-0.2, 0) is 6.54 Å². The summed E-state index contributed by atoms with van der Waals surface area (Å²) < 4.78 is 7.02. The first-order chi connectivity index (χ1) is 14.9. The van der Waals surface area contributed by atoms with Crippen LogP contribution in [0.1, 0.15) is 33.5 Å². The number of carbonyl (C=O) groups excluding carboxylic acids is 1. The van der Waals surface area contributed by atoms with Crippen LogP contribution >= 0.6 is 11.3 Å². The molecule has 5 nitrogen and oxygen atoms in total. The molecule has 2 aromatic heterocycles. The summed E-state index contributed by atoms with van der Waals surface area (Å²) in [5.41, 5.74) is 3.30. The summed E-state index contributed by atoms with van der Waals surface area (Å²) in [7, 11) is 0. The number of carbonyl (C=O) groups is 1. The monoisotopic (exact) mass is 432 g/mol. The Kier molecular flexibility index (Phi) is 5.74. The second kappa shape index (κ2) is 8.47. The van der Waals surface area contributed by atoms with Gasteiger partial charge in [-0.1, -0.05) is 42.0 Å². The maximum atomic E-state index is 13.5. The fourth-order valence-corrected chi connectivity index (χ4v) is 4.77. The van der Waals surface area contributed by atoms with Gasteiger partial charge in [-0.25, -0.2) is 4.98 Å². The summed E-state index contributed by atoms with van der Waals surface area (Å²) in [6.07, 6.45) is 0. The highest BCUT2D eigenvalue weighted by atomic mass is 32.1. The van der Waals surface area contributed by atoms with Crippen LogP contribution in [0.2, 0.25) is 0 Å². The Labute approximate surface area is 185 Å². The minimum atomic E-state index is -0.184. The maximum Gasteiger partial charge on any atom is 0.263 e. The zero-order valence-electron chi connectivity index (χ0n) is 18.1. The van der Waals surface area contributed by atoms with E-state index >= 15 is 0 Å². The summed E-state index contributed by atoms with van der Waals surface area (Å²) in [5.74, 6) is 1.22. The van der Waals surface area contributed by atoms with Gasteiger partial charge < -0.3 is 4.74 Å². The molecule has 158 valence electrons. The number of ketones is 1. The summed E-state index contributed by atoms with van der Waals surface area (Å²) in [5, 5.41) is 0.564. The highest BCUT2D eigenvalue weighted by Crippen LogP contribution is 2.36. The van der Waals surface area contributed by atoms with Crippen LogP contribution in [0.15, 0.2) is 53.3 Å². The fraction of sp³-hybridized carbons (Fsp3) is 0.240. The van der Waals surface area contributed by atoms with E-state index < -0.39 is 0 Å². The van der Waals surface area contributed by atoms with Crippen molar-refractivity contribution in [1.29, 1.82) is 0 Å². The van der Waals surface area contributed by atoms with Gasteiger partial charge in [0.05, 0.1) is 18.5 Å². The number of thiophene rings is 1. The predicted molar refractivity (Wildman–Crippen MR) is 125 cm³/mol. The van der Waals surface area contributed by atoms with Gasteiger partial charge in [0, 0.05) is 16.0 Å². The summed E-state index contributed by atoms with van der Waals surface area (Å²) in [6.45, 7) is 8.25. The minimum absolute atomic E-state index is 0.0335. The molecule has 0 amide bonds. The molecule has 0 spiro atoms. The zero-order valence-corrected chi connectivity index (χ0v) is 18.9. The molecule has 0 aliphatic rings. The fourth-order valence-electron chi connectivity index (χ4n) is 3.69. The molecule has 4 rings (SSSR count). The van der Waals surface area contributed by atoms with Gasteiger partial charge in [-0.15, -0.1) is 11.3 Å². The van der Waals surface area contributed by atoms with Crippen LogP contribution in [0.4, 0.5) is 0 Å². The molecule has 0 saturated heterocycles. The lowest BCUT2D eigenvalue weighted by molar-refractivity contribution is 0.0969. The second-order valence-corrected chi connectivity index (χ2v) is 8.71. The minimum Gasteiger partial charge on any atom is -0.494 e. The number of nitrogens with zero attached hydrogens (tertiary/aromatic N) is 2. The molecule has 0 radical (unpaired) electrons. The van der Waals surface area contributed by atoms with Crippen molar-refractivity contribution in [1.82, 2.24) is 9.55 Å². The Bertz CT molecular complexity index is 1320. The van der Waals surface area contributed by atoms with Crippen LogP contribution in [0, 0.1) is 20.8 Å². The van der Waals surface area contributed by atoms with Crippen molar-refractivity contribution in [3.8, 4) is 16.9 Å². The number of rotatable bonds is 6. The third kappa shape index (κ3) is 4.03. The standard InChI is InChI=1S/C25H24N2O3S/c1-5-30-20-12-10-19(11-13-20)22-16(3)31-24-23(22)25(29)27(17(4)26-24)14-21(28)18-8-6-15(2)7-9-18/h6-13H,5,14H2,1-4H3. The molecule has 0 bridgehead atoms. The number of Topliss-reactive ketones (excluding diaryl/α,β-unsaturated/α-hetero) is 1. The van der Waals surface area contributed by atoms with Crippen LogP contribution in [0.5, 0.6) is 5.75 Å². The van der Waals surface area contributed by atoms with Gasteiger partial charge in [0.2, 0.25) is 0 Å². The topological polar surface area (TPSA) is 61.2 Å². The van der Waals surface area contributed by atoms with Crippen molar-refractivity contribution in [2.45, 2.75) is 34.2 Å². The predicted octanol–water partition coefficient (Wildman–Crippen LogP) is 5.33. The number of aromatic nitrogens is 2. The van der Waals surface area contributed by atoms with Crippen LogP contribution in [0.3, 0.4) is 0 Å². The molecule has 4 aromatic rings. The lowest BCUT2D eigenvalue weighted by atomic mass is 10.0. The lowest BCUT2D eigenvalue weighted by Crippen LogP contribution is -2.27. The smallest absolute Gasteiger partial charge is 0.263 e. The van der Waals surface area contributed by atoms with E-state index in [4.69, 9.17) is 4.74 Å². The van der Waals surface area contributed by atoms with Crippen molar-refractivity contribution in [3.63, 3.8) is 0 Å². The van der Waals surface area contributed by atoms with Crippen molar-refractivity contribution < 1.29 is 9.53 Å². The van der Waals surface area contributed by atoms with Gasteiger partial charge >= 0.3 is 0 Å². The van der Waals surface area contributed by atoms with E-state index in [-0.39, 0.29) is 17.9 Å². The molecule has 0 fully saturated rings. The highest BCUT2D eigenvalue weighted by Gasteiger charge is 2.20. The lowest BCUT2D eigenvalue weighted by Gasteiger charge is -2.10. The van der Waals surface area contributed by atoms with Gasteiger partial charge in [0.25, 0.3) is 5.56 Å². The molecule has 0 aliphatic heterocycles. The van der Waals surface area contributed by atoms with Crippen molar-refractivity contribution in [3.05, 3.63) is 80.7 Å². The molecule has 6 heteroatoms. The Morgan fingerprint density at radius 1 is 1.03 bits per heavy atom. The van der Waals surface area contributed by atoms with Crippen molar-refractivity contribution in [2.75, 3.05) is 6.61 Å². The van der Waals surface area contributed by atoms with Crippen LogP contribution in [-0.4, -0.2) is 21.9 Å². The molecular formula is C25H24N2O3S. The third-order valence-electron chi connectivity index (χ3n) is 5.31. The van der Waals surface area contributed by atoms with Crippen LogP contribution in [0.25, 0.3) is 21.3 Å². The van der Waals surface area contributed by atoms with Gasteiger partial charge in [-0.2, -0.15) is 0 Å². The van der Waals surface area contributed by atoms with E-state index in [0.29, 0.717) is 28.2 Å². The van der Waals surface area contributed by atoms with E-state index in [2.05, 4.69) is 4.98 Å². The summed E-state index contributed by atoms with van der Waals surface area (Å²) >= 11 is 1.50. The number of benzene rings is 2. The number of ether oxygens (including phenoxy) is 1.